The third-order valence-corrected chi connectivity index (χ3v) is 5.66. The second kappa shape index (κ2) is 12.2. The first-order chi connectivity index (χ1) is 17.6. The number of anilines is 2. The Morgan fingerprint density at radius 2 is 1.33 bits per heavy atom. The number of amides is 2. The molecule has 4 rings (SSSR count). The molecule has 1 N–H and O–H groups in total. The molecule has 6 nitrogen and oxygen atoms in total. The van der Waals surface area contributed by atoms with Gasteiger partial charge in [-0.25, -0.2) is 9.59 Å². The van der Waals surface area contributed by atoms with E-state index in [9.17, 15) is 9.59 Å². The first-order valence-electron chi connectivity index (χ1n) is 11.7. The van der Waals surface area contributed by atoms with Crippen LogP contribution in [0.15, 0.2) is 115 Å². The van der Waals surface area contributed by atoms with Gasteiger partial charge in [0.1, 0.15) is 18.4 Å². The van der Waals surface area contributed by atoms with Crippen molar-refractivity contribution in [3.63, 3.8) is 0 Å². The minimum atomic E-state index is -0.878. The first kappa shape index (κ1) is 24.5. The fourth-order valence-electron chi connectivity index (χ4n) is 3.83. The summed E-state index contributed by atoms with van der Waals surface area (Å²) in [5.74, 6) is 0.213. The van der Waals surface area contributed by atoms with Crippen molar-refractivity contribution in [2.75, 3.05) is 17.3 Å². The van der Waals surface area contributed by atoms with Gasteiger partial charge in [0.05, 0.1) is 7.11 Å². The van der Waals surface area contributed by atoms with Crippen LogP contribution >= 0.6 is 0 Å². The molecule has 2 amide bonds. The Morgan fingerprint density at radius 3 is 1.94 bits per heavy atom. The minimum Gasteiger partial charge on any atom is -0.489 e. The largest absolute Gasteiger partial charge is 0.489 e. The Labute approximate surface area is 211 Å². The predicted octanol–water partition coefficient (Wildman–Crippen LogP) is 6.09. The molecule has 0 saturated carbocycles. The number of rotatable bonds is 9. The third kappa shape index (κ3) is 6.51. The lowest BCUT2D eigenvalue weighted by Gasteiger charge is -2.30. The Morgan fingerprint density at radius 1 is 0.750 bits per heavy atom. The summed E-state index contributed by atoms with van der Waals surface area (Å²) >= 11 is 0. The van der Waals surface area contributed by atoms with Crippen LogP contribution in [0.25, 0.3) is 0 Å². The van der Waals surface area contributed by atoms with Crippen LogP contribution in [-0.4, -0.2) is 25.2 Å². The predicted molar refractivity (Wildman–Crippen MR) is 141 cm³/mol. The molecule has 0 aliphatic rings. The molecule has 6 heteroatoms. The standard InChI is InChI=1S/C30H28N2O4/c1-35-29(33)28(21-23-17-19-27(20-18-23)36-22-24-11-5-2-6-12-24)32(26-15-9-4-10-16-26)30(34)31-25-13-7-3-8-14-25/h2-20,28H,21-22H2,1H3,(H,31,34). The van der Waals surface area contributed by atoms with E-state index in [-0.39, 0.29) is 6.42 Å². The molecular formula is C30H28N2O4. The molecule has 0 bridgehead atoms. The quantitative estimate of drug-likeness (QED) is 0.295. The summed E-state index contributed by atoms with van der Waals surface area (Å²) in [6.45, 7) is 0.465. The fourth-order valence-corrected chi connectivity index (χ4v) is 3.83. The van der Waals surface area contributed by atoms with Crippen molar-refractivity contribution in [1.82, 2.24) is 0 Å². The number of hydrogen-bond acceptors (Lipinski definition) is 4. The molecule has 0 radical (unpaired) electrons. The molecule has 0 saturated heterocycles. The van der Waals surface area contributed by atoms with Crippen molar-refractivity contribution in [2.24, 2.45) is 0 Å². The molecular weight excluding hydrogens is 452 g/mol. The van der Waals surface area contributed by atoms with Gasteiger partial charge in [0, 0.05) is 17.8 Å². The van der Waals surface area contributed by atoms with Crippen molar-refractivity contribution in [1.29, 1.82) is 0 Å². The molecule has 0 fully saturated rings. The second-order valence-corrected chi connectivity index (χ2v) is 8.16. The van der Waals surface area contributed by atoms with Crippen LogP contribution in [0.3, 0.4) is 0 Å². The van der Waals surface area contributed by atoms with Gasteiger partial charge in [0.15, 0.2) is 0 Å². The molecule has 4 aromatic carbocycles. The van der Waals surface area contributed by atoms with E-state index < -0.39 is 18.0 Å². The van der Waals surface area contributed by atoms with Crippen LogP contribution in [0.2, 0.25) is 0 Å². The fraction of sp³-hybridized carbons (Fsp3) is 0.133. The maximum Gasteiger partial charge on any atom is 0.329 e. The molecule has 182 valence electrons. The highest BCUT2D eigenvalue weighted by molar-refractivity contribution is 6.05. The van der Waals surface area contributed by atoms with Crippen LogP contribution in [0.5, 0.6) is 5.75 Å². The summed E-state index contributed by atoms with van der Waals surface area (Å²) in [5.41, 5.74) is 3.16. The average molecular weight is 481 g/mol. The van der Waals surface area contributed by atoms with E-state index in [0.29, 0.717) is 18.0 Å². The maximum atomic E-state index is 13.4. The van der Waals surface area contributed by atoms with Gasteiger partial charge in [0.25, 0.3) is 0 Å². The summed E-state index contributed by atoms with van der Waals surface area (Å²) in [5, 5.41) is 2.89. The lowest BCUT2D eigenvalue weighted by molar-refractivity contribution is -0.142. The number of para-hydroxylation sites is 2. The lowest BCUT2D eigenvalue weighted by atomic mass is 10.0. The first-order valence-corrected chi connectivity index (χ1v) is 11.7. The smallest absolute Gasteiger partial charge is 0.329 e. The number of hydrogen-bond donors (Lipinski definition) is 1. The van der Waals surface area contributed by atoms with Crippen LogP contribution in [0.1, 0.15) is 11.1 Å². The van der Waals surface area contributed by atoms with E-state index in [2.05, 4.69) is 5.32 Å². The van der Waals surface area contributed by atoms with Crippen molar-refractivity contribution in [2.45, 2.75) is 19.1 Å². The number of methoxy groups -OCH3 is 1. The molecule has 0 heterocycles. The van der Waals surface area contributed by atoms with E-state index in [1.165, 1.54) is 12.0 Å². The molecule has 1 atom stereocenters. The molecule has 1 unspecified atom stereocenters. The molecule has 0 aliphatic carbocycles. The number of carbonyl (C=O) groups is 2. The third-order valence-electron chi connectivity index (χ3n) is 5.66. The van der Waals surface area contributed by atoms with Crippen molar-refractivity contribution >= 4 is 23.4 Å². The molecule has 0 spiro atoms. The van der Waals surface area contributed by atoms with Gasteiger partial charge in [0.2, 0.25) is 0 Å². The number of nitrogens with one attached hydrogen (secondary N) is 1. The SMILES string of the molecule is COC(=O)C(Cc1ccc(OCc2ccccc2)cc1)N(C(=O)Nc1ccccc1)c1ccccc1. The van der Waals surface area contributed by atoms with Crippen molar-refractivity contribution in [3.8, 4) is 5.75 Å². The summed E-state index contributed by atoms with van der Waals surface area (Å²) in [6, 6.07) is 34.4. The lowest BCUT2D eigenvalue weighted by Crippen LogP contribution is -2.49. The second-order valence-electron chi connectivity index (χ2n) is 8.16. The Kier molecular flexibility index (Phi) is 8.33. The number of esters is 1. The summed E-state index contributed by atoms with van der Waals surface area (Å²) in [4.78, 5) is 27.8. The van der Waals surface area contributed by atoms with E-state index in [1.807, 2.05) is 91.0 Å². The number of carbonyl (C=O) groups excluding carboxylic acids is 2. The normalized spacial score (nSPS) is 11.2. The topological polar surface area (TPSA) is 67.9 Å². The van der Waals surface area contributed by atoms with Gasteiger partial charge in [-0.05, 0) is 47.5 Å². The van der Waals surface area contributed by atoms with E-state index in [1.54, 1.807) is 24.3 Å². The van der Waals surface area contributed by atoms with Gasteiger partial charge < -0.3 is 14.8 Å². The van der Waals surface area contributed by atoms with Gasteiger partial charge in [-0.15, -0.1) is 0 Å². The zero-order valence-corrected chi connectivity index (χ0v) is 20.0. The summed E-state index contributed by atoms with van der Waals surface area (Å²) < 4.78 is 11.0. The minimum absolute atomic E-state index is 0.267. The summed E-state index contributed by atoms with van der Waals surface area (Å²) in [6.07, 6.45) is 0.267. The number of ether oxygens (including phenoxy) is 2. The highest BCUT2D eigenvalue weighted by Crippen LogP contribution is 2.23. The van der Waals surface area contributed by atoms with Gasteiger partial charge in [-0.3, -0.25) is 4.90 Å². The highest BCUT2D eigenvalue weighted by Gasteiger charge is 2.32. The van der Waals surface area contributed by atoms with Crippen LogP contribution in [0.4, 0.5) is 16.2 Å². The summed E-state index contributed by atoms with van der Waals surface area (Å²) in [7, 11) is 1.33. The Balaban J connectivity index is 1.55. The zero-order chi connectivity index (χ0) is 25.2. The van der Waals surface area contributed by atoms with Crippen molar-refractivity contribution in [3.05, 3.63) is 126 Å². The Bertz CT molecular complexity index is 1250. The molecule has 0 aliphatic heterocycles. The van der Waals surface area contributed by atoms with Crippen molar-refractivity contribution < 1.29 is 19.1 Å². The van der Waals surface area contributed by atoms with Gasteiger partial charge in [-0.1, -0.05) is 78.9 Å². The molecule has 36 heavy (non-hydrogen) atoms. The average Bonchev–Trinajstić information content (AvgIpc) is 2.93. The number of benzene rings is 4. The molecule has 0 aromatic heterocycles. The zero-order valence-electron chi connectivity index (χ0n) is 20.0. The Hall–Kier alpha value is -4.58. The van der Waals surface area contributed by atoms with Crippen LogP contribution in [0, 0.1) is 0 Å². The maximum absolute atomic E-state index is 13.4. The number of urea groups is 1. The highest BCUT2D eigenvalue weighted by atomic mass is 16.5. The van der Waals surface area contributed by atoms with E-state index >= 15 is 0 Å². The van der Waals surface area contributed by atoms with Gasteiger partial charge >= 0.3 is 12.0 Å². The number of nitrogens with zero attached hydrogens (tertiary/aromatic N) is 1. The van der Waals surface area contributed by atoms with Crippen LogP contribution in [-0.2, 0) is 22.6 Å². The van der Waals surface area contributed by atoms with Gasteiger partial charge in [-0.2, -0.15) is 0 Å². The molecule has 4 aromatic rings. The monoisotopic (exact) mass is 480 g/mol. The van der Waals surface area contributed by atoms with Crippen LogP contribution < -0.4 is 15.0 Å². The van der Waals surface area contributed by atoms with E-state index in [0.717, 1.165) is 16.9 Å². The van der Waals surface area contributed by atoms with E-state index in [4.69, 9.17) is 9.47 Å².